The molecule has 0 atom stereocenters. The SMILES string of the molecule is Cc1ccc2[nH]c(=O)c(C[NH2+]C3CCCC3)cc2c1. The van der Waals surface area contributed by atoms with Crippen molar-refractivity contribution in [1.82, 2.24) is 4.98 Å². The number of benzene rings is 1. The normalized spacial score (nSPS) is 16.3. The maximum absolute atomic E-state index is 12.0. The van der Waals surface area contributed by atoms with Crippen molar-refractivity contribution in [1.29, 1.82) is 0 Å². The minimum atomic E-state index is 0.0607. The molecule has 0 unspecified atom stereocenters. The van der Waals surface area contributed by atoms with Crippen LogP contribution in [0.4, 0.5) is 0 Å². The zero-order chi connectivity index (χ0) is 13.2. The Morgan fingerprint density at radius 2 is 2.05 bits per heavy atom. The molecule has 1 aliphatic rings. The Labute approximate surface area is 113 Å². The first-order valence-corrected chi connectivity index (χ1v) is 7.18. The van der Waals surface area contributed by atoms with Crippen LogP contribution in [0.15, 0.2) is 29.1 Å². The van der Waals surface area contributed by atoms with Crippen molar-refractivity contribution in [2.45, 2.75) is 45.2 Å². The molecule has 1 aromatic heterocycles. The van der Waals surface area contributed by atoms with Gasteiger partial charge < -0.3 is 10.3 Å². The van der Waals surface area contributed by atoms with Crippen LogP contribution < -0.4 is 10.9 Å². The van der Waals surface area contributed by atoms with E-state index in [1.807, 2.05) is 18.2 Å². The molecule has 1 aliphatic carbocycles. The number of aryl methyl sites for hydroxylation is 1. The summed E-state index contributed by atoms with van der Waals surface area (Å²) in [5, 5.41) is 3.47. The van der Waals surface area contributed by atoms with Crippen molar-refractivity contribution in [2.75, 3.05) is 0 Å². The fraction of sp³-hybridized carbons (Fsp3) is 0.438. The van der Waals surface area contributed by atoms with Crippen molar-refractivity contribution in [3.63, 3.8) is 0 Å². The predicted molar refractivity (Wildman–Crippen MR) is 77.2 cm³/mol. The Balaban J connectivity index is 1.85. The fourth-order valence-electron chi connectivity index (χ4n) is 3.01. The van der Waals surface area contributed by atoms with Crippen molar-refractivity contribution < 1.29 is 5.32 Å². The molecule has 3 rings (SSSR count). The summed E-state index contributed by atoms with van der Waals surface area (Å²) in [4.78, 5) is 15.0. The summed E-state index contributed by atoms with van der Waals surface area (Å²) in [7, 11) is 0. The molecule has 0 saturated heterocycles. The first-order chi connectivity index (χ1) is 9.22. The van der Waals surface area contributed by atoms with Gasteiger partial charge in [-0.05, 0) is 56.2 Å². The van der Waals surface area contributed by atoms with Gasteiger partial charge in [0.15, 0.2) is 0 Å². The zero-order valence-corrected chi connectivity index (χ0v) is 11.4. The number of quaternary nitrogens is 1. The third-order valence-corrected chi connectivity index (χ3v) is 4.15. The Bertz CT molecular complexity index is 639. The summed E-state index contributed by atoms with van der Waals surface area (Å²) >= 11 is 0. The number of fused-ring (bicyclic) bond motifs is 1. The minimum Gasteiger partial charge on any atom is -0.340 e. The van der Waals surface area contributed by atoms with E-state index in [4.69, 9.17) is 0 Å². The van der Waals surface area contributed by atoms with E-state index in [9.17, 15) is 4.79 Å². The molecule has 0 radical (unpaired) electrons. The van der Waals surface area contributed by atoms with E-state index in [0.29, 0.717) is 6.04 Å². The molecular formula is C16H21N2O+. The van der Waals surface area contributed by atoms with Crippen LogP contribution in [0.1, 0.15) is 36.8 Å². The van der Waals surface area contributed by atoms with Crippen LogP contribution in [0.5, 0.6) is 0 Å². The molecule has 0 bridgehead atoms. The number of nitrogens with two attached hydrogens (primary N) is 1. The minimum absolute atomic E-state index is 0.0607. The lowest BCUT2D eigenvalue weighted by molar-refractivity contribution is -0.703. The van der Waals surface area contributed by atoms with Crippen LogP contribution in [0.3, 0.4) is 0 Å². The lowest BCUT2D eigenvalue weighted by Gasteiger charge is -2.08. The molecule has 1 aromatic carbocycles. The molecule has 100 valence electrons. The summed E-state index contributed by atoms with van der Waals surface area (Å²) in [5.41, 5.74) is 3.11. The van der Waals surface area contributed by atoms with Gasteiger partial charge in [-0.3, -0.25) is 4.79 Å². The average molecular weight is 257 g/mol. The van der Waals surface area contributed by atoms with E-state index in [1.165, 1.54) is 31.2 Å². The number of rotatable bonds is 3. The van der Waals surface area contributed by atoms with Gasteiger partial charge in [-0.25, -0.2) is 0 Å². The van der Waals surface area contributed by atoms with Gasteiger partial charge in [-0.2, -0.15) is 0 Å². The summed E-state index contributed by atoms with van der Waals surface area (Å²) in [6.07, 6.45) is 5.28. The molecule has 3 N–H and O–H groups in total. The topological polar surface area (TPSA) is 49.5 Å². The van der Waals surface area contributed by atoms with E-state index in [0.717, 1.165) is 23.0 Å². The van der Waals surface area contributed by atoms with E-state index in [-0.39, 0.29) is 5.56 Å². The number of H-pyrrole nitrogens is 1. The van der Waals surface area contributed by atoms with Gasteiger partial charge in [0, 0.05) is 5.52 Å². The molecule has 0 amide bonds. The molecule has 1 saturated carbocycles. The van der Waals surface area contributed by atoms with Crippen molar-refractivity contribution in [3.8, 4) is 0 Å². The second-order valence-corrected chi connectivity index (χ2v) is 5.70. The van der Waals surface area contributed by atoms with Crippen LogP contribution in [0.25, 0.3) is 10.9 Å². The number of aromatic nitrogens is 1. The van der Waals surface area contributed by atoms with Gasteiger partial charge >= 0.3 is 0 Å². The maximum atomic E-state index is 12.0. The van der Waals surface area contributed by atoms with Gasteiger partial charge in [0.1, 0.15) is 6.54 Å². The summed E-state index contributed by atoms with van der Waals surface area (Å²) < 4.78 is 0. The first kappa shape index (κ1) is 12.4. The Kier molecular flexibility index (Phi) is 3.38. The van der Waals surface area contributed by atoms with E-state index in [1.54, 1.807) is 0 Å². The van der Waals surface area contributed by atoms with E-state index < -0.39 is 0 Å². The Morgan fingerprint density at radius 1 is 1.26 bits per heavy atom. The third-order valence-electron chi connectivity index (χ3n) is 4.15. The summed E-state index contributed by atoms with van der Waals surface area (Å²) in [6, 6.07) is 8.91. The lowest BCUT2D eigenvalue weighted by Crippen LogP contribution is -2.88. The summed E-state index contributed by atoms with van der Waals surface area (Å²) in [5.74, 6) is 0. The van der Waals surface area contributed by atoms with E-state index in [2.05, 4.69) is 23.3 Å². The highest BCUT2D eigenvalue weighted by Gasteiger charge is 2.18. The molecular weight excluding hydrogens is 236 g/mol. The number of pyridine rings is 1. The third kappa shape index (κ3) is 2.71. The summed E-state index contributed by atoms with van der Waals surface area (Å²) in [6.45, 7) is 2.87. The van der Waals surface area contributed by atoms with Crippen LogP contribution in [-0.4, -0.2) is 11.0 Å². The van der Waals surface area contributed by atoms with Crippen LogP contribution >= 0.6 is 0 Å². The lowest BCUT2D eigenvalue weighted by atomic mass is 10.1. The molecule has 19 heavy (non-hydrogen) atoms. The molecule has 1 heterocycles. The van der Waals surface area contributed by atoms with Gasteiger partial charge in [0.05, 0.1) is 11.6 Å². The molecule has 1 fully saturated rings. The molecule has 2 aromatic rings. The second-order valence-electron chi connectivity index (χ2n) is 5.70. The van der Waals surface area contributed by atoms with Crippen LogP contribution in [-0.2, 0) is 6.54 Å². The molecule has 3 heteroatoms. The van der Waals surface area contributed by atoms with Crippen LogP contribution in [0, 0.1) is 6.92 Å². The predicted octanol–water partition coefficient (Wildman–Crippen LogP) is 1.84. The number of nitrogens with one attached hydrogen (secondary N) is 1. The largest absolute Gasteiger partial charge is 0.340 e. The maximum Gasteiger partial charge on any atom is 0.257 e. The smallest absolute Gasteiger partial charge is 0.257 e. The number of aromatic amines is 1. The number of hydrogen-bond donors (Lipinski definition) is 2. The molecule has 0 aliphatic heterocycles. The van der Waals surface area contributed by atoms with Crippen LogP contribution in [0.2, 0.25) is 0 Å². The van der Waals surface area contributed by atoms with Gasteiger partial charge in [-0.15, -0.1) is 0 Å². The quantitative estimate of drug-likeness (QED) is 0.866. The zero-order valence-electron chi connectivity index (χ0n) is 11.4. The van der Waals surface area contributed by atoms with Gasteiger partial charge in [-0.1, -0.05) is 11.6 Å². The second kappa shape index (κ2) is 5.17. The van der Waals surface area contributed by atoms with Crippen molar-refractivity contribution in [3.05, 3.63) is 45.7 Å². The Hall–Kier alpha value is -1.61. The fourth-order valence-corrected chi connectivity index (χ4v) is 3.01. The number of hydrogen-bond acceptors (Lipinski definition) is 1. The van der Waals surface area contributed by atoms with Crippen molar-refractivity contribution >= 4 is 10.9 Å². The average Bonchev–Trinajstić information content (AvgIpc) is 2.90. The Morgan fingerprint density at radius 3 is 2.84 bits per heavy atom. The van der Waals surface area contributed by atoms with E-state index >= 15 is 0 Å². The van der Waals surface area contributed by atoms with Gasteiger partial charge in [0.2, 0.25) is 0 Å². The van der Waals surface area contributed by atoms with Gasteiger partial charge in [0.25, 0.3) is 5.56 Å². The first-order valence-electron chi connectivity index (χ1n) is 7.18. The monoisotopic (exact) mass is 257 g/mol. The standard InChI is InChI=1S/C16H20N2O/c1-11-6-7-15-12(8-11)9-13(16(19)18-15)10-17-14-4-2-3-5-14/h6-9,14,17H,2-5,10H2,1H3,(H,18,19)/p+1. The molecule has 3 nitrogen and oxygen atoms in total. The highest BCUT2D eigenvalue weighted by molar-refractivity contribution is 5.79. The van der Waals surface area contributed by atoms with Crippen molar-refractivity contribution in [2.24, 2.45) is 0 Å². The highest BCUT2D eigenvalue weighted by Crippen LogP contribution is 2.15. The molecule has 0 spiro atoms. The highest BCUT2D eigenvalue weighted by atomic mass is 16.1.